The molecule has 1 saturated heterocycles. The molecule has 1 heterocycles. The van der Waals surface area contributed by atoms with Gasteiger partial charge in [-0.05, 0) is 45.0 Å². The highest BCUT2D eigenvalue weighted by atomic mass is 16.5. The van der Waals surface area contributed by atoms with Gasteiger partial charge in [-0.25, -0.2) is 0 Å². The van der Waals surface area contributed by atoms with Gasteiger partial charge in [0.15, 0.2) is 0 Å². The third kappa shape index (κ3) is 5.31. The summed E-state index contributed by atoms with van der Waals surface area (Å²) in [5.74, 6) is 1.06. The predicted molar refractivity (Wildman–Crippen MR) is 85.8 cm³/mol. The Morgan fingerprint density at radius 1 is 1.36 bits per heavy atom. The average Bonchev–Trinajstić information content (AvgIpc) is 2.55. The first-order valence-corrected chi connectivity index (χ1v) is 8.05. The summed E-state index contributed by atoms with van der Waals surface area (Å²) in [6.07, 6.45) is 1.21. The highest BCUT2D eigenvalue weighted by Crippen LogP contribution is 2.17. The standard InChI is InChI=1S/C17H26N2O3/c1-2-18-17(21)14-8-10-19(11-9-14)12-15(20)13-22-16-6-4-3-5-7-16/h3-7,14-15,20H,2,8-13H2,1H3,(H,18,21). The van der Waals surface area contributed by atoms with Crippen molar-refractivity contribution >= 4 is 5.91 Å². The molecule has 22 heavy (non-hydrogen) atoms. The molecule has 5 heteroatoms. The number of likely N-dealkylation sites (tertiary alicyclic amines) is 1. The maximum absolute atomic E-state index is 11.8. The van der Waals surface area contributed by atoms with E-state index < -0.39 is 6.10 Å². The lowest BCUT2D eigenvalue weighted by Crippen LogP contribution is -2.44. The van der Waals surface area contributed by atoms with Crippen LogP contribution in [0, 0.1) is 5.92 Å². The Morgan fingerprint density at radius 2 is 2.05 bits per heavy atom. The van der Waals surface area contributed by atoms with Crippen molar-refractivity contribution in [3.05, 3.63) is 30.3 Å². The van der Waals surface area contributed by atoms with Gasteiger partial charge in [-0.1, -0.05) is 18.2 Å². The highest BCUT2D eigenvalue weighted by Gasteiger charge is 2.25. The number of amides is 1. The van der Waals surface area contributed by atoms with E-state index in [9.17, 15) is 9.90 Å². The van der Waals surface area contributed by atoms with Crippen molar-refractivity contribution in [1.82, 2.24) is 10.2 Å². The number of nitrogens with zero attached hydrogens (tertiary/aromatic N) is 1. The van der Waals surface area contributed by atoms with Gasteiger partial charge in [0.1, 0.15) is 18.5 Å². The zero-order valence-corrected chi connectivity index (χ0v) is 13.2. The van der Waals surface area contributed by atoms with Crippen LogP contribution >= 0.6 is 0 Å². The van der Waals surface area contributed by atoms with Crippen LogP contribution in [0.1, 0.15) is 19.8 Å². The van der Waals surface area contributed by atoms with Gasteiger partial charge >= 0.3 is 0 Å². The van der Waals surface area contributed by atoms with Crippen LogP contribution in [0.4, 0.5) is 0 Å². The highest BCUT2D eigenvalue weighted by molar-refractivity contribution is 5.78. The molecule has 1 amide bonds. The minimum absolute atomic E-state index is 0.119. The summed E-state index contributed by atoms with van der Waals surface area (Å²) in [5.41, 5.74) is 0. The number of hydrogen-bond acceptors (Lipinski definition) is 4. The Morgan fingerprint density at radius 3 is 2.68 bits per heavy atom. The number of rotatable bonds is 7. The summed E-state index contributed by atoms with van der Waals surface area (Å²) in [6, 6.07) is 9.51. The van der Waals surface area contributed by atoms with Crippen LogP contribution in [0.2, 0.25) is 0 Å². The number of aliphatic hydroxyl groups is 1. The fourth-order valence-electron chi connectivity index (χ4n) is 2.76. The molecule has 2 rings (SSSR count). The van der Waals surface area contributed by atoms with Gasteiger partial charge in [0.2, 0.25) is 5.91 Å². The minimum atomic E-state index is -0.513. The second-order valence-electron chi connectivity index (χ2n) is 5.75. The van der Waals surface area contributed by atoms with Crippen LogP contribution in [0.15, 0.2) is 30.3 Å². The smallest absolute Gasteiger partial charge is 0.223 e. The van der Waals surface area contributed by atoms with Crippen molar-refractivity contribution in [1.29, 1.82) is 0 Å². The van der Waals surface area contributed by atoms with Gasteiger partial charge in [0.05, 0.1) is 0 Å². The Bertz CT molecular complexity index is 444. The lowest BCUT2D eigenvalue weighted by atomic mass is 9.96. The first-order valence-electron chi connectivity index (χ1n) is 8.05. The molecule has 1 aliphatic heterocycles. The van der Waals surface area contributed by atoms with Crippen molar-refractivity contribution < 1.29 is 14.6 Å². The number of β-amino-alcohol motifs (C(OH)–C–C–N with tert-alkyl or cyclic N) is 1. The summed E-state index contributed by atoms with van der Waals surface area (Å²) >= 11 is 0. The molecular formula is C17H26N2O3. The largest absolute Gasteiger partial charge is 0.491 e. The average molecular weight is 306 g/mol. The SMILES string of the molecule is CCNC(=O)C1CCN(CC(O)COc2ccccc2)CC1. The number of piperidine rings is 1. The van der Waals surface area contributed by atoms with E-state index in [-0.39, 0.29) is 11.8 Å². The van der Waals surface area contributed by atoms with Crippen molar-refractivity contribution in [3.8, 4) is 5.75 Å². The molecule has 1 aliphatic rings. The molecule has 0 aromatic heterocycles. The minimum Gasteiger partial charge on any atom is -0.491 e. The third-order valence-electron chi connectivity index (χ3n) is 3.96. The number of carbonyl (C=O) groups is 1. The van der Waals surface area contributed by atoms with Crippen LogP contribution < -0.4 is 10.1 Å². The van der Waals surface area contributed by atoms with E-state index >= 15 is 0 Å². The zero-order valence-electron chi connectivity index (χ0n) is 13.2. The molecule has 0 bridgehead atoms. The molecular weight excluding hydrogens is 280 g/mol. The van der Waals surface area contributed by atoms with Crippen LogP contribution in [-0.4, -0.2) is 54.8 Å². The summed E-state index contributed by atoms with van der Waals surface area (Å²) in [6.45, 7) is 5.22. The van der Waals surface area contributed by atoms with E-state index in [1.165, 1.54) is 0 Å². The number of benzene rings is 1. The number of nitrogens with one attached hydrogen (secondary N) is 1. The number of hydrogen-bond donors (Lipinski definition) is 2. The fraction of sp³-hybridized carbons (Fsp3) is 0.588. The molecule has 5 nitrogen and oxygen atoms in total. The summed E-state index contributed by atoms with van der Waals surface area (Å²) in [5, 5.41) is 13.0. The quantitative estimate of drug-likeness (QED) is 0.796. The van der Waals surface area contributed by atoms with E-state index in [2.05, 4.69) is 10.2 Å². The summed E-state index contributed by atoms with van der Waals surface area (Å²) in [4.78, 5) is 14.0. The fourth-order valence-corrected chi connectivity index (χ4v) is 2.76. The molecule has 1 aromatic carbocycles. The van der Waals surface area contributed by atoms with E-state index in [1.807, 2.05) is 37.3 Å². The second-order valence-corrected chi connectivity index (χ2v) is 5.75. The molecule has 1 aromatic rings. The molecule has 0 saturated carbocycles. The maximum atomic E-state index is 11.8. The summed E-state index contributed by atoms with van der Waals surface area (Å²) in [7, 11) is 0. The Hall–Kier alpha value is -1.59. The Labute approximate surface area is 132 Å². The topological polar surface area (TPSA) is 61.8 Å². The van der Waals surface area contributed by atoms with Gasteiger partial charge in [0, 0.05) is 19.0 Å². The maximum Gasteiger partial charge on any atom is 0.223 e. The molecule has 1 fully saturated rings. The first kappa shape index (κ1) is 16.8. The van der Waals surface area contributed by atoms with Gasteiger partial charge < -0.3 is 20.1 Å². The normalized spacial score (nSPS) is 17.9. The van der Waals surface area contributed by atoms with Crippen LogP contribution in [-0.2, 0) is 4.79 Å². The van der Waals surface area contributed by atoms with E-state index in [1.54, 1.807) is 0 Å². The monoisotopic (exact) mass is 306 g/mol. The number of carbonyl (C=O) groups excluding carboxylic acids is 1. The Kier molecular flexibility index (Phi) is 6.68. The van der Waals surface area contributed by atoms with Crippen molar-refractivity contribution in [2.24, 2.45) is 5.92 Å². The van der Waals surface area contributed by atoms with E-state index in [0.717, 1.165) is 31.7 Å². The van der Waals surface area contributed by atoms with Crippen molar-refractivity contribution in [3.63, 3.8) is 0 Å². The molecule has 1 unspecified atom stereocenters. The number of aliphatic hydroxyl groups excluding tert-OH is 1. The lowest BCUT2D eigenvalue weighted by Gasteiger charge is -2.32. The third-order valence-corrected chi connectivity index (χ3v) is 3.96. The van der Waals surface area contributed by atoms with E-state index in [4.69, 9.17) is 4.74 Å². The molecule has 0 aliphatic carbocycles. The summed E-state index contributed by atoms with van der Waals surface area (Å²) < 4.78 is 5.56. The molecule has 2 N–H and O–H groups in total. The van der Waals surface area contributed by atoms with Crippen molar-refractivity contribution in [2.45, 2.75) is 25.9 Å². The van der Waals surface area contributed by atoms with Crippen LogP contribution in [0.5, 0.6) is 5.75 Å². The van der Waals surface area contributed by atoms with Crippen LogP contribution in [0.3, 0.4) is 0 Å². The lowest BCUT2D eigenvalue weighted by molar-refractivity contribution is -0.126. The van der Waals surface area contributed by atoms with Gasteiger partial charge in [-0.15, -0.1) is 0 Å². The molecule has 122 valence electrons. The molecule has 0 spiro atoms. The van der Waals surface area contributed by atoms with Gasteiger partial charge in [0.25, 0.3) is 0 Å². The van der Waals surface area contributed by atoms with Gasteiger partial charge in [-0.2, -0.15) is 0 Å². The van der Waals surface area contributed by atoms with Gasteiger partial charge in [-0.3, -0.25) is 4.79 Å². The Balaban J connectivity index is 1.66. The predicted octanol–water partition coefficient (Wildman–Crippen LogP) is 1.27. The van der Waals surface area contributed by atoms with Crippen LogP contribution in [0.25, 0.3) is 0 Å². The zero-order chi connectivity index (χ0) is 15.8. The van der Waals surface area contributed by atoms with Crippen molar-refractivity contribution in [2.75, 3.05) is 32.8 Å². The molecule has 1 atom stereocenters. The number of ether oxygens (including phenoxy) is 1. The first-order chi connectivity index (χ1) is 10.7. The second kappa shape index (κ2) is 8.76. The number of para-hydroxylation sites is 1. The van der Waals surface area contributed by atoms with E-state index in [0.29, 0.717) is 19.7 Å². The molecule has 0 radical (unpaired) electrons.